The molecule has 0 bridgehead atoms. The summed E-state index contributed by atoms with van der Waals surface area (Å²) in [5.41, 5.74) is 11.7. The number of hydrogen-bond donors (Lipinski definition) is 1. The van der Waals surface area contributed by atoms with E-state index in [0.717, 1.165) is 43.1 Å². The molecule has 0 spiro atoms. The Morgan fingerprint density at radius 2 is 1.92 bits per heavy atom. The smallest absolute Gasteiger partial charge is 0.225 e. The molecule has 0 saturated heterocycles. The van der Waals surface area contributed by atoms with Crippen LogP contribution in [-0.4, -0.2) is 31.3 Å². The quantitative estimate of drug-likeness (QED) is 0.314. The maximum atomic E-state index is 7.19. The van der Waals surface area contributed by atoms with Gasteiger partial charge in [-0.2, -0.15) is 5.10 Å². The number of aromatic amines is 1. The zero-order chi connectivity index (χ0) is 26.4. The molecule has 2 atom stereocenters. The van der Waals surface area contributed by atoms with Crippen molar-refractivity contribution in [2.24, 2.45) is 0 Å². The molecule has 2 aliphatic heterocycles. The third-order valence-corrected chi connectivity index (χ3v) is 9.14. The van der Waals surface area contributed by atoms with Gasteiger partial charge in [-0.15, -0.1) is 11.6 Å². The molecule has 0 fully saturated rings. The monoisotopic (exact) mass is 524 g/mol. The van der Waals surface area contributed by atoms with Gasteiger partial charge < -0.3 is 9.88 Å². The summed E-state index contributed by atoms with van der Waals surface area (Å²) in [6.07, 6.45) is 10.0. The van der Waals surface area contributed by atoms with Gasteiger partial charge in [0.2, 0.25) is 5.95 Å². The van der Waals surface area contributed by atoms with Crippen molar-refractivity contribution in [3.05, 3.63) is 93.8 Å². The summed E-state index contributed by atoms with van der Waals surface area (Å²) < 4.78 is 2.26. The first-order valence-electron chi connectivity index (χ1n) is 13.7. The lowest BCUT2D eigenvalue weighted by molar-refractivity contribution is 0.598. The standard InChI is InChI=1S/C31H33ClN6/c1-6-19-8-7-9-21-24-14-30(4,32)27-23(10-12-33-27)31(24,5)28-22-17-37(13-11-25(22)36-38(28)26(19)21)29-34-15-20(16-35-29)18(2)3/h7-10,12,14-16,18,33H,6,11,13,17H2,1-5H3. The lowest BCUT2D eigenvalue weighted by atomic mass is 9.63. The van der Waals surface area contributed by atoms with Crippen LogP contribution in [0.15, 0.2) is 48.9 Å². The largest absolute Gasteiger partial charge is 0.363 e. The first-order valence-corrected chi connectivity index (χ1v) is 14.0. The number of halogens is 1. The molecule has 7 heteroatoms. The van der Waals surface area contributed by atoms with Gasteiger partial charge in [0, 0.05) is 54.9 Å². The number of rotatable bonds is 3. The minimum Gasteiger partial charge on any atom is -0.363 e. The number of hydrogen-bond acceptors (Lipinski definition) is 4. The molecule has 5 heterocycles. The van der Waals surface area contributed by atoms with Crippen LogP contribution in [-0.2, 0) is 29.7 Å². The van der Waals surface area contributed by atoms with E-state index >= 15 is 0 Å². The third kappa shape index (κ3) is 3.10. The molecule has 3 aliphatic rings. The van der Waals surface area contributed by atoms with Crippen molar-refractivity contribution < 1.29 is 0 Å². The number of anilines is 1. The van der Waals surface area contributed by atoms with Crippen molar-refractivity contribution in [2.75, 3.05) is 11.4 Å². The molecule has 6 nitrogen and oxygen atoms in total. The van der Waals surface area contributed by atoms with E-state index < -0.39 is 10.3 Å². The van der Waals surface area contributed by atoms with E-state index in [4.69, 9.17) is 26.7 Å². The van der Waals surface area contributed by atoms with Gasteiger partial charge in [-0.25, -0.2) is 14.6 Å². The molecule has 194 valence electrons. The van der Waals surface area contributed by atoms with Crippen LogP contribution in [0.4, 0.5) is 5.95 Å². The second-order valence-corrected chi connectivity index (χ2v) is 12.3. The minimum absolute atomic E-state index is 0.394. The van der Waals surface area contributed by atoms with Crippen molar-refractivity contribution in [1.82, 2.24) is 24.7 Å². The van der Waals surface area contributed by atoms with E-state index in [2.05, 4.69) is 79.5 Å². The number of nitrogens with one attached hydrogen (secondary N) is 1. The van der Waals surface area contributed by atoms with Gasteiger partial charge >= 0.3 is 0 Å². The molecule has 3 aromatic heterocycles. The summed E-state index contributed by atoms with van der Waals surface area (Å²) in [5.74, 6) is 1.19. The highest BCUT2D eigenvalue weighted by atomic mass is 35.5. The summed E-state index contributed by atoms with van der Waals surface area (Å²) in [5, 5.41) is 5.32. The summed E-state index contributed by atoms with van der Waals surface area (Å²) in [4.78, 5) is 14.7. The van der Waals surface area contributed by atoms with Gasteiger partial charge in [-0.05, 0) is 54.5 Å². The summed E-state index contributed by atoms with van der Waals surface area (Å²) in [6.45, 7) is 12.6. The predicted octanol–water partition coefficient (Wildman–Crippen LogP) is 6.41. The normalized spacial score (nSPS) is 23.3. The Labute approximate surface area is 228 Å². The summed E-state index contributed by atoms with van der Waals surface area (Å²) in [6, 6.07) is 8.84. The minimum atomic E-state index is -0.618. The van der Waals surface area contributed by atoms with E-state index in [1.807, 2.05) is 18.6 Å². The molecule has 0 amide bonds. The molecular weight excluding hydrogens is 492 g/mol. The van der Waals surface area contributed by atoms with Crippen LogP contribution in [0, 0.1) is 0 Å². The SMILES string of the molecule is CCc1cccc2c1-n1nc3c(c1C1(C)C2=CC(C)(Cl)c2[nH]ccc21)CN(c1ncc(C(C)C)cn1)CC3. The topological polar surface area (TPSA) is 62.6 Å². The zero-order valence-electron chi connectivity index (χ0n) is 22.6. The van der Waals surface area contributed by atoms with Crippen molar-refractivity contribution >= 4 is 23.1 Å². The van der Waals surface area contributed by atoms with Gasteiger partial charge in [0.05, 0.1) is 22.5 Å². The first-order chi connectivity index (χ1) is 18.2. The van der Waals surface area contributed by atoms with Crippen LogP contribution in [0.25, 0.3) is 11.3 Å². The average molecular weight is 525 g/mol. The Morgan fingerprint density at radius 3 is 2.66 bits per heavy atom. The fourth-order valence-corrected chi connectivity index (χ4v) is 7.05. The van der Waals surface area contributed by atoms with Crippen molar-refractivity contribution in [3.63, 3.8) is 0 Å². The molecule has 1 N–H and O–H groups in total. The zero-order valence-corrected chi connectivity index (χ0v) is 23.4. The highest BCUT2D eigenvalue weighted by Gasteiger charge is 2.51. The van der Waals surface area contributed by atoms with E-state index in [1.54, 1.807) is 0 Å². The molecule has 38 heavy (non-hydrogen) atoms. The van der Waals surface area contributed by atoms with Crippen LogP contribution in [0.2, 0.25) is 0 Å². The molecule has 7 rings (SSSR count). The van der Waals surface area contributed by atoms with Crippen LogP contribution >= 0.6 is 11.6 Å². The van der Waals surface area contributed by atoms with Gasteiger partial charge in [-0.1, -0.05) is 45.0 Å². The van der Waals surface area contributed by atoms with Crippen LogP contribution in [0.5, 0.6) is 0 Å². The maximum absolute atomic E-state index is 7.19. The van der Waals surface area contributed by atoms with Gasteiger partial charge in [-0.3, -0.25) is 0 Å². The summed E-state index contributed by atoms with van der Waals surface area (Å²) >= 11 is 7.19. The number of H-pyrrole nitrogens is 1. The van der Waals surface area contributed by atoms with Crippen LogP contribution < -0.4 is 4.90 Å². The number of aryl methyl sites for hydroxylation is 1. The number of aromatic nitrogens is 5. The molecule has 1 aromatic carbocycles. The van der Waals surface area contributed by atoms with E-state index in [1.165, 1.54) is 44.9 Å². The van der Waals surface area contributed by atoms with Gasteiger partial charge in [0.25, 0.3) is 0 Å². The fourth-order valence-electron chi connectivity index (χ4n) is 6.78. The molecule has 0 radical (unpaired) electrons. The van der Waals surface area contributed by atoms with Crippen LogP contribution in [0.1, 0.15) is 85.4 Å². The van der Waals surface area contributed by atoms with Crippen molar-refractivity contribution in [1.29, 1.82) is 0 Å². The predicted molar refractivity (Wildman–Crippen MR) is 152 cm³/mol. The third-order valence-electron chi connectivity index (χ3n) is 8.85. The highest BCUT2D eigenvalue weighted by molar-refractivity contribution is 6.26. The number of fused-ring (bicyclic) bond motifs is 10. The van der Waals surface area contributed by atoms with E-state index in [-0.39, 0.29) is 0 Å². The van der Waals surface area contributed by atoms with Gasteiger partial charge in [0.15, 0.2) is 0 Å². The van der Waals surface area contributed by atoms with Crippen molar-refractivity contribution in [3.8, 4) is 5.69 Å². The number of nitrogens with zero attached hydrogens (tertiary/aromatic N) is 5. The Balaban J connectivity index is 1.46. The summed E-state index contributed by atoms with van der Waals surface area (Å²) in [7, 11) is 0. The Kier molecular flexibility index (Phi) is 5.03. The number of para-hydroxylation sites is 1. The Morgan fingerprint density at radius 1 is 1.13 bits per heavy atom. The van der Waals surface area contributed by atoms with E-state index in [0.29, 0.717) is 5.92 Å². The lowest BCUT2D eigenvalue weighted by Gasteiger charge is -2.45. The second-order valence-electron chi connectivity index (χ2n) is 11.5. The molecule has 4 aromatic rings. The molecule has 1 aliphatic carbocycles. The molecular formula is C31H33ClN6. The van der Waals surface area contributed by atoms with Gasteiger partial charge in [0.1, 0.15) is 4.87 Å². The van der Waals surface area contributed by atoms with E-state index in [9.17, 15) is 0 Å². The number of benzene rings is 1. The van der Waals surface area contributed by atoms with Crippen LogP contribution in [0.3, 0.4) is 0 Å². The Bertz CT molecular complexity index is 1610. The average Bonchev–Trinajstić information content (AvgIpc) is 3.57. The number of allylic oxidation sites excluding steroid dienone is 2. The maximum Gasteiger partial charge on any atom is 0.225 e. The highest BCUT2D eigenvalue weighted by Crippen LogP contribution is 2.58. The molecule has 2 unspecified atom stereocenters. The van der Waals surface area contributed by atoms with Crippen molar-refractivity contribution in [2.45, 2.75) is 70.2 Å². The molecule has 0 saturated carbocycles. The number of alkyl halides is 1. The Hall–Kier alpha value is -3.38. The fraction of sp³-hybridized carbons (Fsp3) is 0.387. The lowest BCUT2D eigenvalue weighted by Crippen LogP contribution is -2.41. The first kappa shape index (κ1) is 23.7. The second kappa shape index (κ2) is 8.06.